The third kappa shape index (κ3) is 3.78. The van der Waals surface area contributed by atoms with E-state index in [-0.39, 0.29) is 5.91 Å². The first-order chi connectivity index (χ1) is 10.8. The fourth-order valence-electron chi connectivity index (χ4n) is 2.62. The molecule has 22 heavy (non-hydrogen) atoms. The van der Waals surface area contributed by atoms with Gasteiger partial charge < -0.3 is 10.6 Å². The standard InChI is InChI=1S/C16H19N5O/c22-16(12-5-4-10-17-11-12)19-15-9-8-14(20-21-15)18-13-6-2-1-3-7-13/h4-5,8-11,13H,1-3,6-7H2,(H,18,20)(H,19,21,22). The normalized spacial score (nSPS) is 15.3. The van der Waals surface area contributed by atoms with Crippen LogP contribution < -0.4 is 10.6 Å². The molecule has 0 aromatic carbocycles. The van der Waals surface area contributed by atoms with Crippen molar-refractivity contribution in [2.45, 2.75) is 38.1 Å². The Morgan fingerprint density at radius 2 is 1.82 bits per heavy atom. The van der Waals surface area contributed by atoms with Crippen LogP contribution in [0.5, 0.6) is 0 Å². The molecular formula is C16H19N5O. The largest absolute Gasteiger partial charge is 0.366 e. The van der Waals surface area contributed by atoms with Gasteiger partial charge in [0, 0.05) is 18.4 Å². The molecule has 2 aromatic heterocycles. The predicted octanol–water partition coefficient (Wildman–Crippen LogP) is 2.87. The number of pyridine rings is 1. The third-order valence-corrected chi connectivity index (χ3v) is 3.79. The monoisotopic (exact) mass is 297 g/mol. The van der Waals surface area contributed by atoms with E-state index in [1.807, 2.05) is 6.07 Å². The van der Waals surface area contributed by atoms with Gasteiger partial charge in [-0.25, -0.2) is 0 Å². The summed E-state index contributed by atoms with van der Waals surface area (Å²) in [6.07, 6.45) is 9.37. The Morgan fingerprint density at radius 1 is 1.05 bits per heavy atom. The first kappa shape index (κ1) is 14.4. The van der Waals surface area contributed by atoms with Crippen molar-refractivity contribution >= 4 is 17.5 Å². The molecular weight excluding hydrogens is 278 g/mol. The van der Waals surface area contributed by atoms with Crippen molar-refractivity contribution in [1.29, 1.82) is 0 Å². The van der Waals surface area contributed by atoms with E-state index >= 15 is 0 Å². The number of nitrogens with one attached hydrogen (secondary N) is 2. The second-order valence-corrected chi connectivity index (χ2v) is 5.48. The highest BCUT2D eigenvalue weighted by Gasteiger charge is 2.13. The number of carbonyl (C=O) groups is 1. The van der Waals surface area contributed by atoms with E-state index in [0.29, 0.717) is 17.4 Å². The van der Waals surface area contributed by atoms with Gasteiger partial charge in [0.1, 0.15) is 5.82 Å². The fourth-order valence-corrected chi connectivity index (χ4v) is 2.62. The van der Waals surface area contributed by atoms with Gasteiger partial charge in [0.25, 0.3) is 5.91 Å². The Morgan fingerprint density at radius 3 is 2.50 bits per heavy atom. The Kier molecular flexibility index (Phi) is 4.58. The van der Waals surface area contributed by atoms with Crippen LogP contribution in [0.1, 0.15) is 42.5 Å². The summed E-state index contributed by atoms with van der Waals surface area (Å²) in [5.41, 5.74) is 0.494. The second kappa shape index (κ2) is 6.98. The molecule has 0 unspecified atom stereocenters. The number of nitrogens with zero attached hydrogens (tertiary/aromatic N) is 3. The smallest absolute Gasteiger partial charge is 0.258 e. The van der Waals surface area contributed by atoms with Gasteiger partial charge in [-0.05, 0) is 37.1 Å². The van der Waals surface area contributed by atoms with Crippen LogP contribution in [0, 0.1) is 0 Å². The van der Waals surface area contributed by atoms with Crippen LogP contribution in [0.2, 0.25) is 0 Å². The van der Waals surface area contributed by atoms with Crippen molar-refractivity contribution in [1.82, 2.24) is 15.2 Å². The van der Waals surface area contributed by atoms with Gasteiger partial charge in [-0.2, -0.15) is 0 Å². The second-order valence-electron chi connectivity index (χ2n) is 5.48. The molecule has 6 nitrogen and oxygen atoms in total. The van der Waals surface area contributed by atoms with Gasteiger partial charge in [0.2, 0.25) is 0 Å². The minimum absolute atomic E-state index is 0.240. The van der Waals surface area contributed by atoms with Crippen molar-refractivity contribution in [3.63, 3.8) is 0 Å². The fraction of sp³-hybridized carbons (Fsp3) is 0.375. The Balaban J connectivity index is 1.58. The van der Waals surface area contributed by atoms with Crippen LogP contribution in [0.25, 0.3) is 0 Å². The molecule has 0 spiro atoms. The van der Waals surface area contributed by atoms with Crippen LogP contribution >= 0.6 is 0 Å². The molecule has 0 saturated heterocycles. The molecule has 3 rings (SSSR count). The molecule has 0 bridgehead atoms. The van der Waals surface area contributed by atoms with E-state index in [4.69, 9.17) is 0 Å². The van der Waals surface area contributed by atoms with Crippen LogP contribution in [-0.4, -0.2) is 27.1 Å². The van der Waals surface area contributed by atoms with E-state index in [9.17, 15) is 4.79 Å². The molecule has 0 radical (unpaired) electrons. The maximum atomic E-state index is 12.0. The topological polar surface area (TPSA) is 79.8 Å². The summed E-state index contributed by atoms with van der Waals surface area (Å²) in [6.45, 7) is 0. The Hall–Kier alpha value is -2.50. The lowest BCUT2D eigenvalue weighted by Gasteiger charge is -2.22. The van der Waals surface area contributed by atoms with E-state index in [1.54, 1.807) is 24.4 Å². The van der Waals surface area contributed by atoms with Gasteiger partial charge in [0.15, 0.2) is 5.82 Å². The van der Waals surface area contributed by atoms with Gasteiger partial charge in [-0.3, -0.25) is 9.78 Å². The first-order valence-electron chi connectivity index (χ1n) is 7.63. The lowest BCUT2D eigenvalue weighted by Crippen LogP contribution is -2.23. The molecule has 2 N–H and O–H groups in total. The number of amides is 1. The van der Waals surface area contributed by atoms with Crippen molar-refractivity contribution in [3.05, 3.63) is 42.2 Å². The average Bonchev–Trinajstić information content (AvgIpc) is 2.58. The van der Waals surface area contributed by atoms with Gasteiger partial charge in [-0.15, -0.1) is 10.2 Å². The van der Waals surface area contributed by atoms with Crippen molar-refractivity contribution < 1.29 is 4.79 Å². The van der Waals surface area contributed by atoms with E-state index in [2.05, 4.69) is 25.8 Å². The average molecular weight is 297 g/mol. The summed E-state index contributed by atoms with van der Waals surface area (Å²) in [4.78, 5) is 15.9. The number of rotatable bonds is 4. The molecule has 1 amide bonds. The lowest BCUT2D eigenvalue weighted by atomic mass is 9.95. The molecule has 6 heteroatoms. The number of hydrogen-bond donors (Lipinski definition) is 2. The highest BCUT2D eigenvalue weighted by atomic mass is 16.1. The van der Waals surface area contributed by atoms with E-state index in [0.717, 1.165) is 5.82 Å². The van der Waals surface area contributed by atoms with Gasteiger partial charge in [-0.1, -0.05) is 19.3 Å². The van der Waals surface area contributed by atoms with Crippen LogP contribution in [0.4, 0.5) is 11.6 Å². The number of anilines is 2. The molecule has 2 heterocycles. The molecule has 2 aromatic rings. The highest BCUT2D eigenvalue weighted by Crippen LogP contribution is 2.20. The zero-order chi connectivity index (χ0) is 15.2. The Bertz CT molecular complexity index is 608. The maximum absolute atomic E-state index is 12.0. The van der Waals surface area contributed by atoms with Gasteiger partial charge in [0.05, 0.1) is 5.56 Å². The molecule has 0 aliphatic heterocycles. The summed E-state index contributed by atoms with van der Waals surface area (Å²) in [7, 11) is 0. The van der Waals surface area contributed by atoms with Crippen molar-refractivity contribution in [3.8, 4) is 0 Å². The molecule has 1 fully saturated rings. The molecule has 0 atom stereocenters. The van der Waals surface area contributed by atoms with Crippen molar-refractivity contribution in [2.75, 3.05) is 10.6 Å². The summed E-state index contributed by atoms with van der Waals surface area (Å²) in [6, 6.07) is 7.51. The highest BCUT2D eigenvalue weighted by molar-refractivity contribution is 6.03. The number of hydrogen-bond acceptors (Lipinski definition) is 5. The summed E-state index contributed by atoms with van der Waals surface area (Å²) >= 11 is 0. The summed E-state index contributed by atoms with van der Waals surface area (Å²) in [5.74, 6) is 0.949. The first-order valence-corrected chi connectivity index (χ1v) is 7.63. The van der Waals surface area contributed by atoms with E-state index < -0.39 is 0 Å². The van der Waals surface area contributed by atoms with E-state index in [1.165, 1.54) is 38.3 Å². The molecule has 114 valence electrons. The van der Waals surface area contributed by atoms with Crippen LogP contribution in [0.3, 0.4) is 0 Å². The third-order valence-electron chi connectivity index (χ3n) is 3.79. The maximum Gasteiger partial charge on any atom is 0.258 e. The zero-order valence-corrected chi connectivity index (χ0v) is 12.3. The summed E-state index contributed by atoms with van der Waals surface area (Å²) in [5, 5.41) is 14.3. The SMILES string of the molecule is O=C(Nc1ccc(NC2CCCCC2)nn1)c1cccnc1. The Labute approximate surface area is 129 Å². The zero-order valence-electron chi connectivity index (χ0n) is 12.3. The lowest BCUT2D eigenvalue weighted by molar-refractivity contribution is 0.102. The predicted molar refractivity (Wildman–Crippen MR) is 84.7 cm³/mol. The van der Waals surface area contributed by atoms with Crippen LogP contribution in [-0.2, 0) is 0 Å². The van der Waals surface area contributed by atoms with Crippen molar-refractivity contribution in [2.24, 2.45) is 0 Å². The molecule has 1 aliphatic carbocycles. The number of aromatic nitrogens is 3. The number of carbonyl (C=O) groups excluding carboxylic acids is 1. The van der Waals surface area contributed by atoms with Gasteiger partial charge >= 0.3 is 0 Å². The van der Waals surface area contributed by atoms with Crippen LogP contribution in [0.15, 0.2) is 36.7 Å². The minimum Gasteiger partial charge on any atom is -0.366 e. The molecule has 1 aliphatic rings. The molecule has 1 saturated carbocycles. The minimum atomic E-state index is -0.240. The quantitative estimate of drug-likeness (QED) is 0.907. The summed E-state index contributed by atoms with van der Waals surface area (Å²) < 4.78 is 0.